The minimum absolute atomic E-state index is 0.373. The molecule has 15 heavy (non-hydrogen) atoms. The van der Waals surface area contributed by atoms with E-state index >= 15 is 0 Å². The molecule has 0 aliphatic carbocycles. The van der Waals surface area contributed by atoms with Gasteiger partial charge in [0.2, 0.25) is 0 Å². The highest BCUT2D eigenvalue weighted by molar-refractivity contribution is 5.78. The lowest BCUT2D eigenvalue weighted by Crippen LogP contribution is -2.23. The quantitative estimate of drug-likeness (QED) is 0.778. The van der Waals surface area contributed by atoms with Crippen LogP contribution in [-0.2, 0) is 0 Å². The van der Waals surface area contributed by atoms with Crippen LogP contribution in [0.1, 0.15) is 18.5 Å². The summed E-state index contributed by atoms with van der Waals surface area (Å²) in [4.78, 5) is 4.29. The van der Waals surface area contributed by atoms with Gasteiger partial charge in [-0.15, -0.1) is 0 Å². The lowest BCUT2D eigenvalue weighted by molar-refractivity contribution is 0.164. The first-order chi connectivity index (χ1) is 7.18. The zero-order chi connectivity index (χ0) is 10.8. The van der Waals surface area contributed by atoms with E-state index in [1.165, 1.54) is 0 Å². The van der Waals surface area contributed by atoms with Crippen molar-refractivity contribution in [1.82, 2.24) is 4.98 Å². The smallest absolute Gasteiger partial charge is 0.0705 e. The van der Waals surface area contributed by atoms with Gasteiger partial charge in [0.25, 0.3) is 0 Å². The molecule has 3 nitrogen and oxygen atoms in total. The number of nitrogens with two attached hydrogens (primary N) is 1. The number of para-hydroxylation sites is 1. The zero-order valence-electron chi connectivity index (χ0n) is 8.59. The molecule has 0 spiro atoms. The van der Waals surface area contributed by atoms with Crippen LogP contribution >= 0.6 is 0 Å². The van der Waals surface area contributed by atoms with Crippen molar-refractivity contribution in [3.05, 3.63) is 42.1 Å². The first-order valence-corrected chi connectivity index (χ1v) is 4.97. The molecule has 0 saturated heterocycles. The van der Waals surface area contributed by atoms with E-state index in [0.717, 1.165) is 16.5 Å². The second-order valence-corrected chi connectivity index (χ2v) is 3.73. The SMILES string of the molecule is C[C@@H](O)[C@H](N)c1cnc2ccccc2c1. The summed E-state index contributed by atoms with van der Waals surface area (Å²) in [5, 5.41) is 10.4. The number of aromatic nitrogens is 1. The fourth-order valence-electron chi connectivity index (χ4n) is 1.55. The molecule has 2 atom stereocenters. The van der Waals surface area contributed by atoms with Crippen LogP contribution in [0.2, 0.25) is 0 Å². The standard InChI is InChI=1S/C12H14N2O/c1-8(15)12(13)10-6-9-4-2-3-5-11(9)14-7-10/h2-8,12,15H,13H2,1H3/t8-,12+/m1/s1. The lowest BCUT2D eigenvalue weighted by Gasteiger charge is -2.14. The molecular weight excluding hydrogens is 188 g/mol. The third-order valence-electron chi connectivity index (χ3n) is 2.52. The summed E-state index contributed by atoms with van der Waals surface area (Å²) in [5.74, 6) is 0. The third-order valence-corrected chi connectivity index (χ3v) is 2.52. The Balaban J connectivity index is 2.47. The molecular formula is C12H14N2O. The molecule has 2 rings (SSSR count). The summed E-state index contributed by atoms with van der Waals surface area (Å²) in [7, 11) is 0. The number of pyridine rings is 1. The zero-order valence-corrected chi connectivity index (χ0v) is 8.59. The number of aliphatic hydroxyl groups is 1. The van der Waals surface area contributed by atoms with Gasteiger partial charge in [0.1, 0.15) is 0 Å². The van der Waals surface area contributed by atoms with Gasteiger partial charge in [-0.3, -0.25) is 4.98 Å². The summed E-state index contributed by atoms with van der Waals surface area (Å²) in [5.41, 5.74) is 7.65. The van der Waals surface area contributed by atoms with Gasteiger partial charge in [0.05, 0.1) is 17.7 Å². The minimum atomic E-state index is -0.562. The average molecular weight is 202 g/mol. The molecule has 1 heterocycles. The first-order valence-electron chi connectivity index (χ1n) is 4.97. The van der Waals surface area contributed by atoms with Crippen molar-refractivity contribution < 1.29 is 5.11 Å². The van der Waals surface area contributed by atoms with Crippen LogP contribution in [-0.4, -0.2) is 16.2 Å². The number of hydrogen-bond acceptors (Lipinski definition) is 3. The predicted octanol–water partition coefficient (Wildman–Crippen LogP) is 1.62. The highest BCUT2D eigenvalue weighted by Crippen LogP contribution is 2.18. The first kappa shape index (κ1) is 10.1. The van der Waals surface area contributed by atoms with E-state index in [1.807, 2.05) is 30.3 Å². The maximum Gasteiger partial charge on any atom is 0.0705 e. The average Bonchev–Trinajstić information content (AvgIpc) is 2.27. The highest BCUT2D eigenvalue weighted by atomic mass is 16.3. The van der Waals surface area contributed by atoms with E-state index in [-0.39, 0.29) is 6.04 Å². The Kier molecular flexibility index (Phi) is 2.66. The Hall–Kier alpha value is -1.45. The van der Waals surface area contributed by atoms with Crippen LogP contribution in [0.4, 0.5) is 0 Å². The summed E-state index contributed by atoms with van der Waals surface area (Å²) in [6.07, 6.45) is 1.16. The van der Waals surface area contributed by atoms with Crippen molar-refractivity contribution in [3.63, 3.8) is 0 Å². The van der Waals surface area contributed by atoms with Crippen molar-refractivity contribution in [2.24, 2.45) is 5.73 Å². The molecule has 0 aliphatic rings. The molecule has 0 saturated carbocycles. The second-order valence-electron chi connectivity index (χ2n) is 3.73. The van der Waals surface area contributed by atoms with Gasteiger partial charge in [0.15, 0.2) is 0 Å². The maximum absolute atomic E-state index is 9.39. The second kappa shape index (κ2) is 3.96. The van der Waals surface area contributed by atoms with E-state index in [2.05, 4.69) is 4.98 Å². The fraction of sp³-hybridized carbons (Fsp3) is 0.250. The van der Waals surface area contributed by atoms with E-state index in [1.54, 1.807) is 13.1 Å². The maximum atomic E-state index is 9.39. The summed E-state index contributed by atoms with van der Waals surface area (Å²) in [6.45, 7) is 1.68. The van der Waals surface area contributed by atoms with Gasteiger partial charge >= 0.3 is 0 Å². The highest BCUT2D eigenvalue weighted by Gasteiger charge is 2.12. The predicted molar refractivity (Wildman–Crippen MR) is 60.4 cm³/mol. The number of nitrogens with zero attached hydrogens (tertiary/aromatic N) is 1. The Morgan fingerprint density at radius 3 is 2.80 bits per heavy atom. The van der Waals surface area contributed by atoms with Gasteiger partial charge < -0.3 is 10.8 Å². The summed E-state index contributed by atoms with van der Waals surface area (Å²) in [6, 6.07) is 9.45. The van der Waals surface area contributed by atoms with Crippen LogP contribution in [0.5, 0.6) is 0 Å². The normalized spacial score (nSPS) is 15.1. The number of aliphatic hydroxyl groups excluding tert-OH is 1. The molecule has 78 valence electrons. The summed E-state index contributed by atoms with van der Waals surface area (Å²) < 4.78 is 0. The van der Waals surface area contributed by atoms with Crippen LogP contribution < -0.4 is 5.73 Å². The van der Waals surface area contributed by atoms with Crippen LogP contribution in [0.3, 0.4) is 0 Å². The van der Waals surface area contributed by atoms with E-state index < -0.39 is 6.10 Å². The molecule has 0 bridgehead atoms. The van der Waals surface area contributed by atoms with Crippen molar-refractivity contribution in [2.75, 3.05) is 0 Å². The monoisotopic (exact) mass is 202 g/mol. The number of rotatable bonds is 2. The Morgan fingerprint density at radius 2 is 2.07 bits per heavy atom. The van der Waals surface area contributed by atoms with Gasteiger partial charge in [0, 0.05) is 11.6 Å². The molecule has 1 aromatic carbocycles. The largest absolute Gasteiger partial charge is 0.391 e. The van der Waals surface area contributed by atoms with Crippen LogP contribution in [0, 0.1) is 0 Å². The van der Waals surface area contributed by atoms with E-state index in [9.17, 15) is 5.11 Å². The molecule has 3 N–H and O–H groups in total. The molecule has 3 heteroatoms. The Labute approximate surface area is 88.6 Å². The van der Waals surface area contributed by atoms with E-state index in [0.29, 0.717) is 0 Å². The topological polar surface area (TPSA) is 59.1 Å². The third kappa shape index (κ3) is 1.98. The lowest BCUT2D eigenvalue weighted by atomic mass is 10.0. The molecule has 0 unspecified atom stereocenters. The molecule has 1 aromatic heterocycles. The van der Waals surface area contributed by atoms with Crippen molar-refractivity contribution >= 4 is 10.9 Å². The number of hydrogen-bond donors (Lipinski definition) is 2. The van der Waals surface area contributed by atoms with Crippen molar-refractivity contribution in [3.8, 4) is 0 Å². The number of benzene rings is 1. The molecule has 0 radical (unpaired) electrons. The Morgan fingerprint density at radius 1 is 1.33 bits per heavy atom. The van der Waals surface area contributed by atoms with Crippen molar-refractivity contribution in [2.45, 2.75) is 19.1 Å². The van der Waals surface area contributed by atoms with Crippen LogP contribution in [0.25, 0.3) is 10.9 Å². The molecule has 0 fully saturated rings. The minimum Gasteiger partial charge on any atom is -0.391 e. The van der Waals surface area contributed by atoms with E-state index in [4.69, 9.17) is 5.73 Å². The van der Waals surface area contributed by atoms with Crippen molar-refractivity contribution in [1.29, 1.82) is 0 Å². The Bertz CT molecular complexity index is 468. The number of fused-ring (bicyclic) bond motifs is 1. The fourth-order valence-corrected chi connectivity index (χ4v) is 1.55. The van der Waals surface area contributed by atoms with Gasteiger partial charge in [-0.05, 0) is 24.6 Å². The molecule has 0 amide bonds. The van der Waals surface area contributed by atoms with Crippen LogP contribution in [0.15, 0.2) is 36.5 Å². The summed E-state index contributed by atoms with van der Waals surface area (Å²) >= 11 is 0. The molecule has 0 aliphatic heterocycles. The van der Waals surface area contributed by atoms with Gasteiger partial charge in [-0.2, -0.15) is 0 Å². The molecule has 2 aromatic rings. The van der Waals surface area contributed by atoms with Gasteiger partial charge in [-0.25, -0.2) is 0 Å². The van der Waals surface area contributed by atoms with Gasteiger partial charge in [-0.1, -0.05) is 18.2 Å².